The number of carbonyl (C=O) groups is 3. The molecule has 2 heterocycles. The third-order valence-electron chi connectivity index (χ3n) is 19.5. The van der Waals surface area contributed by atoms with Crippen molar-refractivity contribution in [2.24, 2.45) is 0 Å². The second-order valence-corrected chi connectivity index (χ2v) is 29.8. The van der Waals surface area contributed by atoms with Crippen LogP contribution in [-0.4, -0.2) is 204 Å². The zero-order valence-corrected chi connectivity index (χ0v) is 62.4. The summed E-state index contributed by atoms with van der Waals surface area (Å²) in [7, 11) is -5.70. The van der Waals surface area contributed by atoms with Gasteiger partial charge in [-0.2, -0.15) is 0 Å². The summed E-state index contributed by atoms with van der Waals surface area (Å²) in [6.45, 7) is 3.46. The molecule has 1 saturated carbocycles. The highest BCUT2D eigenvalue weighted by molar-refractivity contribution is 7.47. The minimum Gasteiger partial charge on any atom is -0.463 e. The van der Waals surface area contributed by atoms with Gasteiger partial charge < -0.3 is 89.1 Å². The Hall–Kier alpha value is -2.30. The van der Waals surface area contributed by atoms with E-state index in [0.717, 1.165) is 116 Å². The average molecular weight is 1460 g/mol. The van der Waals surface area contributed by atoms with E-state index in [1.165, 1.54) is 141 Å². The lowest BCUT2D eigenvalue weighted by Crippen LogP contribution is -2.69. The topological polar surface area (TPSA) is 374 Å². The van der Waals surface area contributed by atoms with Crippen molar-refractivity contribution in [2.75, 3.05) is 26.4 Å². The molecule has 0 bridgehead atoms. The minimum absolute atomic E-state index is 0.0331. The van der Waals surface area contributed by atoms with Crippen LogP contribution in [0, 0.1) is 0 Å². The SMILES string of the molecule is CCCCCC/C=C\CCCCCCCCCC(=O)OCC(COP(=O)(O)OC1C(OC2OC(CO)C(O)C(O)C2O)C(O)C(O)C(O)C1OC1OC(COC(=O)CCCCCCCCCCCCCCCCCCC)C(O)C(O)C1O)OC(=O)CCCCCCCCCCCCCCC. The number of phosphoric ester groups is 1. The van der Waals surface area contributed by atoms with Crippen LogP contribution in [0.1, 0.15) is 316 Å². The molecule has 18 unspecified atom stereocenters. The van der Waals surface area contributed by atoms with Gasteiger partial charge in [0.25, 0.3) is 0 Å². The third kappa shape index (κ3) is 39.3. The van der Waals surface area contributed by atoms with Crippen LogP contribution in [-0.2, 0) is 61.2 Å². The molecule has 25 heteroatoms. The smallest absolute Gasteiger partial charge is 0.463 e. The van der Waals surface area contributed by atoms with E-state index in [0.29, 0.717) is 19.3 Å². The summed E-state index contributed by atoms with van der Waals surface area (Å²) >= 11 is 0. The molecule has 588 valence electrons. The summed E-state index contributed by atoms with van der Waals surface area (Å²) in [5, 5.41) is 110. The lowest BCUT2D eigenvalue weighted by Gasteiger charge is -2.49. The molecule has 3 fully saturated rings. The van der Waals surface area contributed by atoms with Gasteiger partial charge in [0.2, 0.25) is 0 Å². The van der Waals surface area contributed by atoms with E-state index in [-0.39, 0.29) is 19.3 Å². The first-order valence-electron chi connectivity index (χ1n) is 39.5. The molecule has 2 aliphatic heterocycles. The van der Waals surface area contributed by atoms with Crippen molar-refractivity contribution in [3.05, 3.63) is 12.2 Å². The summed E-state index contributed by atoms with van der Waals surface area (Å²) in [6, 6.07) is 0. The van der Waals surface area contributed by atoms with Crippen LogP contribution in [0.3, 0.4) is 0 Å². The number of allylic oxidation sites excluding steroid dienone is 2. The Morgan fingerprint density at radius 1 is 0.380 bits per heavy atom. The molecule has 0 radical (unpaired) electrons. The highest BCUT2D eigenvalue weighted by Crippen LogP contribution is 2.49. The largest absolute Gasteiger partial charge is 0.472 e. The van der Waals surface area contributed by atoms with Crippen LogP contribution in [0.25, 0.3) is 0 Å². The van der Waals surface area contributed by atoms with Gasteiger partial charge in [-0.3, -0.25) is 23.4 Å². The number of aliphatic hydroxyl groups is 10. The number of phosphoric acid groups is 1. The van der Waals surface area contributed by atoms with Gasteiger partial charge in [0.1, 0.15) is 98.7 Å². The molecule has 1 aliphatic carbocycles. The molecule has 3 rings (SSSR count). The van der Waals surface area contributed by atoms with E-state index in [4.69, 9.17) is 42.2 Å². The molecule has 0 aromatic carbocycles. The van der Waals surface area contributed by atoms with Crippen LogP contribution in [0.15, 0.2) is 12.2 Å². The Kier molecular flexibility index (Phi) is 52.3. The predicted octanol–water partition coefficient (Wildman–Crippen LogP) is 11.5. The highest BCUT2D eigenvalue weighted by Gasteiger charge is 2.58. The molecule has 24 nitrogen and oxygen atoms in total. The lowest BCUT2D eigenvalue weighted by atomic mass is 9.84. The van der Waals surface area contributed by atoms with E-state index in [1.807, 2.05) is 0 Å². The van der Waals surface area contributed by atoms with Gasteiger partial charge in [-0.25, -0.2) is 4.57 Å². The Morgan fingerprint density at radius 3 is 1.09 bits per heavy atom. The van der Waals surface area contributed by atoms with Gasteiger partial charge in [-0.05, 0) is 44.9 Å². The van der Waals surface area contributed by atoms with Crippen molar-refractivity contribution in [1.82, 2.24) is 0 Å². The zero-order chi connectivity index (χ0) is 73.2. The Morgan fingerprint density at radius 2 is 0.700 bits per heavy atom. The number of carbonyl (C=O) groups excluding carboxylic acids is 3. The molecular weight excluding hydrogens is 1320 g/mol. The van der Waals surface area contributed by atoms with Gasteiger partial charge in [0.05, 0.1) is 13.2 Å². The van der Waals surface area contributed by atoms with Crippen molar-refractivity contribution >= 4 is 25.7 Å². The summed E-state index contributed by atoms with van der Waals surface area (Å²) in [4.78, 5) is 51.1. The highest BCUT2D eigenvalue weighted by atomic mass is 31.2. The normalized spacial score (nSPS) is 27.3. The molecular formula is C75H139O24P. The number of hydrogen-bond donors (Lipinski definition) is 11. The number of aliphatic hydroxyl groups excluding tert-OH is 10. The number of unbranched alkanes of at least 4 members (excludes halogenated alkanes) is 39. The molecule has 0 aromatic heterocycles. The standard InChI is InChI=1S/C75H139O24P/c1-4-7-10-13-16-19-22-25-27-28-30-33-35-38-41-44-47-50-60(78)92-55-58-63(81)65(83)70(88)75(96-58)98-72-68(86)66(84)67(85)71(97-74-69(87)64(82)62(80)57(52-76)95-74)73(72)99-100(89,90)93-54-56(94-61(79)51-48-45-42-39-36-31-24-21-18-15-12-9-6-3)53-91-59(77)49-46-43-40-37-34-32-29-26-23-20-17-14-11-8-5-2/h20,23,56-58,62-76,80-88H,4-19,21-22,24-55H2,1-3H3,(H,89,90)/b23-20-. The Balaban J connectivity index is 1.70. The van der Waals surface area contributed by atoms with Crippen molar-refractivity contribution in [1.29, 1.82) is 0 Å². The molecule has 0 spiro atoms. The van der Waals surface area contributed by atoms with E-state index in [9.17, 15) is 74.9 Å². The number of esters is 3. The van der Waals surface area contributed by atoms with Crippen molar-refractivity contribution in [2.45, 2.75) is 420 Å². The number of hydrogen-bond acceptors (Lipinski definition) is 23. The van der Waals surface area contributed by atoms with Crippen LogP contribution in [0.5, 0.6) is 0 Å². The number of ether oxygens (including phenoxy) is 7. The molecule has 18 atom stereocenters. The first kappa shape index (κ1) is 91.9. The first-order valence-corrected chi connectivity index (χ1v) is 41.0. The average Bonchev–Trinajstić information content (AvgIpc) is 0.760. The van der Waals surface area contributed by atoms with Crippen molar-refractivity contribution < 1.29 is 117 Å². The maximum absolute atomic E-state index is 14.3. The van der Waals surface area contributed by atoms with Gasteiger partial charge >= 0.3 is 25.7 Å². The fourth-order valence-corrected chi connectivity index (χ4v) is 14.1. The van der Waals surface area contributed by atoms with Crippen LogP contribution in [0.4, 0.5) is 0 Å². The second kappa shape index (κ2) is 57.0. The van der Waals surface area contributed by atoms with E-state index < -0.39 is 156 Å². The van der Waals surface area contributed by atoms with Crippen molar-refractivity contribution in [3.63, 3.8) is 0 Å². The minimum atomic E-state index is -5.70. The summed E-state index contributed by atoms with van der Waals surface area (Å²) < 4.78 is 65.1. The van der Waals surface area contributed by atoms with E-state index in [1.54, 1.807) is 0 Å². The fourth-order valence-electron chi connectivity index (χ4n) is 13.1. The summed E-state index contributed by atoms with van der Waals surface area (Å²) in [6.07, 6.45) is 16.9. The molecule has 100 heavy (non-hydrogen) atoms. The summed E-state index contributed by atoms with van der Waals surface area (Å²) in [5.41, 5.74) is 0. The molecule has 3 aliphatic rings. The lowest BCUT2D eigenvalue weighted by molar-refractivity contribution is -0.360. The van der Waals surface area contributed by atoms with Crippen LogP contribution in [0.2, 0.25) is 0 Å². The molecule has 2 saturated heterocycles. The van der Waals surface area contributed by atoms with Gasteiger partial charge in [-0.1, -0.05) is 264 Å². The predicted molar refractivity (Wildman–Crippen MR) is 379 cm³/mol. The van der Waals surface area contributed by atoms with Gasteiger partial charge in [0.15, 0.2) is 18.7 Å². The molecule has 0 amide bonds. The van der Waals surface area contributed by atoms with E-state index >= 15 is 0 Å². The van der Waals surface area contributed by atoms with Crippen molar-refractivity contribution in [3.8, 4) is 0 Å². The quantitative estimate of drug-likeness (QED) is 0.00886. The van der Waals surface area contributed by atoms with E-state index in [2.05, 4.69) is 32.9 Å². The molecule has 0 aromatic rings. The van der Waals surface area contributed by atoms with Gasteiger partial charge in [-0.15, -0.1) is 0 Å². The summed E-state index contributed by atoms with van der Waals surface area (Å²) in [5.74, 6) is -1.98. The first-order chi connectivity index (χ1) is 48.3. The molecule has 11 N–H and O–H groups in total. The number of rotatable bonds is 62. The second-order valence-electron chi connectivity index (χ2n) is 28.4. The maximum Gasteiger partial charge on any atom is 0.472 e. The Bertz CT molecular complexity index is 2110. The third-order valence-corrected chi connectivity index (χ3v) is 20.5. The monoisotopic (exact) mass is 1450 g/mol. The zero-order valence-electron chi connectivity index (χ0n) is 61.5. The van der Waals surface area contributed by atoms with Crippen LogP contribution < -0.4 is 0 Å². The fraction of sp³-hybridized carbons (Fsp3) is 0.933. The van der Waals surface area contributed by atoms with Crippen LogP contribution >= 0.6 is 7.82 Å². The Labute approximate surface area is 599 Å². The maximum atomic E-state index is 14.3. The van der Waals surface area contributed by atoms with Gasteiger partial charge in [0, 0.05) is 19.3 Å².